The van der Waals surface area contributed by atoms with Crippen LogP contribution < -0.4 is 0 Å². The average molecular weight is 457 g/mol. The van der Waals surface area contributed by atoms with Crippen LogP contribution in [-0.4, -0.2) is 32.5 Å². The van der Waals surface area contributed by atoms with Gasteiger partial charge in [0, 0.05) is 30.0 Å². The minimum atomic E-state index is -0.495. The van der Waals surface area contributed by atoms with E-state index in [1.807, 2.05) is 78.9 Å². The van der Waals surface area contributed by atoms with Gasteiger partial charge >= 0.3 is 0 Å². The fourth-order valence-electron chi connectivity index (χ4n) is 4.39. The van der Waals surface area contributed by atoms with Crippen molar-refractivity contribution in [1.82, 2.24) is 15.0 Å². The molecule has 0 N–H and O–H groups in total. The average Bonchev–Trinajstić information content (AvgIpc) is 2.92. The molecule has 2 amide bonds. The van der Waals surface area contributed by atoms with Crippen LogP contribution in [0.4, 0.5) is 0 Å². The molecule has 6 rings (SSSR count). The number of hydrazone groups is 1. The summed E-state index contributed by atoms with van der Waals surface area (Å²) in [5.74, 6) is -0.824. The van der Waals surface area contributed by atoms with E-state index in [0.717, 1.165) is 32.3 Å². The Balaban J connectivity index is 1.46. The summed E-state index contributed by atoms with van der Waals surface area (Å²) in [6.45, 7) is 0. The van der Waals surface area contributed by atoms with Crippen LogP contribution in [0.3, 0.4) is 0 Å². The van der Waals surface area contributed by atoms with E-state index < -0.39 is 5.91 Å². The lowest BCUT2D eigenvalue weighted by Gasteiger charge is -2.23. The SMILES string of the molecule is O=C1CCC(c2ccc3ccccc3c2)=NN1C(=O)c1cc2cccnc2nc1-c1ccccc1. The highest BCUT2D eigenvalue weighted by Gasteiger charge is 2.30. The first-order chi connectivity index (χ1) is 17.2. The summed E-state index contributed by atoms with van der Waals surface area (Å²) in [6, 6.07) is 29.0. The van der Waals surface area contributed by atoms with E-state index in [1.165, 1.54) is 0 Å². The summed E-state index contributed by atoms with van der Waals surface area (Å²) in [4.78, 5) is 35.7. The minimum Gasteiger partial charge on any atom is -0.272 e. The molecule has 3 heterocycles. The number of hydrogen-bond donors (Lipinski definition) is 0. The molecule has 0 saturated carbocycles. The van der Waals surface area contributed by atoms with Crippen LogP contribution >= 0.6 is 0 Å². The van der Waals surface area contributed by atoms with E-state index in [4.69, 9.17) is 0 Å². The third-order valence-corrected chi connectivity index (χ3v) is 6.17. The molecule has 0 bridgehead atoms. The number of imide groups is 1. The van der Waals surface area contributed by atoms with Gasteiger partial charge in [-0.05, 0) is 40.6 Å². The zero-order valence-corrected chi connectivity index (χ0v) is 18.8. The molecule has 0 aliphatic carbocycles. The second kappa shape index (κ2) is 8.57. The van der Waals surface area contributed by atoms with Gasteiger partial charge in [-0.15, -0.1) is 0 Å². The zero-order chi connectivity index (χ0) is 23.8. The molecule has 3 aromatic carbocycles. The fourth-order valence-corrected chi connectivity index (χ4v) is 4.39. The van der Waals surface area contributed by atoms with Gasteiger partial charge in [0.1, 0.15) is 0 Å². The summed E-state index contributed by atoms with van der Waals surface area (Å²) >= 11 is 0. The number of rotatable bonds is 3. The van der Waals surface area contributed by atoms with Crippen molar-refractivity contribution in [2.45, 2.75) is 12.8 Å². The van der Waals surface area contributed by atoms with Gasteiger partial charge in [0.25, 0.3) is 11.8 Å². The molecule has 35 heavy (non-hydrogen) atoms. The topological polar surface area (TPSA) is 75.5 Å². The van der Waals surface area contributed by atoms with E-state index in [-0.39, 0.29) is 12.3 Å². The molecule has 1 aliphatic heterocycles. The van der Waals surface area contributed by atoms with Crippen LogP contribution in [0.5, 0.6) is 0 Å². The van der Waals surface area contributed by atoms with Gasteiger partial charge in [0.2, 0.25) is 0 Å². The Morgan fingerprint density at radius 2 is 1.51 bits per heavy atom. The van der Waals surface area contributed by atoms with Gasteiger partial charge in [-0.25, -0.2) is 9.97 Å². The molecular weight excluding hydrogens is 436 g/mol. The molecule has 0 spiro atoms. The fraction of sp³-hybridized carbons (Fsp3) is 0.0690. The number of fused-ring (bicyclic) bond motifs is 2. The van der Waals surface area contributed by atoms with Crippen molar-refractivity contribution in [3.05, 3.63) is 108 Å². The number of carbonyl (C=O) groups excluding carboxylic acids is 2. The van der Waals surface area contributed by atoms with Crippen LogP contribution in [0.2, 0.25) is 0 Å². The summed E-state index contributed by atoms with van der Waals surface area (Å²) in [7, 11) is 0. The molecule has 2 aromatic heterocycles. The van der Waals surface area contributed by atoms with Gasteiger partial charge in [0.15, 0.2) is 5.65 Å². The highest BCUT2D eigenvalue weighted by Crippen LogP contribution is 2.28. The Labute approximate surface area is 201 Å². The van der Waals surface area contributed by atoms with Crippen LogP contribution in [-0.2, 0) is 4.79 Å². The number of hydrogen-bond acceptors (Lipinski definition) is 5. The Morgan fingerprint density at radius 1 is 0.743 bits per heavy atom. The second-order valence-corrected chi connectivity index (χ2v) is 8.42. The van der Waals surface area contributed by atoms with E-state index >= 15 is 0 Å². The third-order valence-electron chi connectivity index (χ3n) is 6.17. The maximum atomic E-state index is 13.8. The number of aromatic nitrogens is 2. The van der Waals surface area contributed by atoms with Crippen molar-refractivity contribution >= 4 is 39.3 Å². The van der Waals surface area contributed by atoms with E-state index in [2.05, 4.69) is 15.1 Å². The van der Waals surface area contributed by atoms with E-state index in [1.54, 1.807) is 18.3 Å². The maximum absolute atomic E-state index is 13.8. The zero-order valence-electron chi connectivity index (χ0n) is 18.8. The molecule has 0 radical (unpaired) electrons. The lowest BCUT2D eigenvalue weighted by Crippen LogP contribution is -2.37. The molecule has 5 aromatic rings. The quantitative estimate of drug-likeness (QED) is 0.330. The Morgan fingerprint density at radius 3 is 2.37 bits per heavy atom. The first kappa shape index (κ1) is 20.9. The van der Waals surface area contributed by atoms with Crippen molar-refractivity contribution < 1.29 is 9.59 Å². The molecule has 0 unspecified atom stereocenters. The van der Waals surface area contributed by atoms with Crippen molar-refractivity contribution in [3.8, 4) is 11.3 Å². The van der Waals surface area contributed by atoms with Crippen molar-refractivity contribution in [2.24, 2.45) is 5.10 Å². The standard InChI is InChI=1S/C29H20N4O2/c34-26-15-14-25(22-13-12-19-7-4-5-10-21(19)17-22)32-33(26)29(35)24-18-23-11-6-16-30-28(23)31-27(24)20-8-2-1-3-9-20/h1-13,16-18H,14-15H2. The van der Waals surface area contributed by atoms with E-state index in [9.17, 15) is 9.59 Å². The summed E-state index contributed by atoms with van der Waals surface area (Å²) in [6.07, 6.45) is 2.35. The smallest absolute Gasteiger partial charge is 0.272 e. The summed E-state index contributed by atoms with van der Waals surface area (Å²) < 4.78 is 0. The molecule has 1 aliphatic rings. The van der Waals surface area contributed by atoms with Crippen molar-refractivity contribution in [2.75, 3.05) is 0 Å². The maximum Gasteiger partial charge on any atom is 0.283 e. The molecule has 0 atom stereocenters. The van der Waals surface area contributed by atoms with Gasteiger partial charge in [-0.1, -0.05) is 66.7 Å². The number of pyridine rings is 2. The predicted molar refractivity (Wildman–Crippen MR) is 136 cm³/mol. The third kappa shape index (κ3) is 3.85. The molecule has 0 fully saturated rings. The minimum absolute atomic E-state index is 0.209. The van der Waals surface area contributed by atoms with E-state index in [0.29, 0.717) is 29.0 Å². The van der Waals surface area contributed by atoms with Gasteiger partial charge in [-0.2, -0.15) is 10.1 Å². The molecular formula is C29H20N4O2. The number of benzene rings is 3. The van der Waals surface area contributed by atoms with Crippen LogP contribution in [0.15, 0.2) is 102 Å². The largest absolute Gasteiger partial charge is 0.283 e. The van der Waals surface area contributed by atoms with Crippen molar-refractivity contribution in [3.63, 3.8) is 0 Å². The van der Waals surface area contributed by atoms with Gasteiger partial charge < -0.3 is 0 Å². The first-order valence-electron chi connectivity index (χ1n) is 11.4. The first-order valence-corrected chi connectivity index (χ1v) is 11.4. The van der Waals surface area contributed by atoms with Gasteiger partial charge in [-0.3, -0.25) is 9.59 Å². The second-order valence-electron chi connectivity index (χ2n) is 8.42. The summed E-state index contributed by atoms with van der Waals surface area (Å²) in [5.41, 5.74) is 3.70. The van der Waals surface area contributed by atoms with Gasteiger partial charge in [0.05, 0.1) is 17.0 Å². The summed E-state index contributed by atoms with van der Waals surface area (Å²) in [5, 5.41) is 8.47. The normalized spacial score (nSPS) is 13.8. The number of carbonyl (C=O) groups is 2. The van der Waals surface area contributed by atoms with Crippen LogP contribution in [0.25, 0.3) is 33.1 Å². The molecule has 6 nitrogen and oxygen atoms in total. The highest BCUT2D eigenvalue weighted by molar-refractivity contribution is 6.14. The monoisotopic (exact) mass is 456 g/mol. The Hall–Kier alpha value is -4.71. The number of amides is 2. The Kier molecular flexibility index (Phi) is 5.11. The molecule has 6 heteroatoms. The predicted octanol–water partition coefficient (Wildman–Crippen LogP) is 5.62. The lowest BCUT2D eigenvalue weighted by molar-refractivity contribution is -0.129. The van der Waals surface area contributed by atoms with Crippen LogP contribution in [0, 0.1) is 0 Å². The van der Waals surface area contributed by atoms with Crippen molar-refractivity contribution in [1.29, 1.82) is 0 Å². The Bertz CT molecular complexity index is 1640. The highest BCUT2D eigenvalue weighted by atomic mass is 16.2. The molecule has 168 valence electrons. The molecule has 0 saturated heterocycles. The number of nitrogens with zero attached hydrogens (tertiary/aromatic N) is 4. The van der Waals surface area contributed by atoms with Crippen LogP contribution in [0.1, 0.15) is 28.8 Å². The lowest BCUT2D eigenvalue weighted by atomic mass is 10.00.